The van der Waals surface area contributed by atoms with Gasteiger partial charge in [-0.25, -0.2) is 9.97 Å². The van der Waals surface area contributed by atoms with Crippen molar-refractivity contribution in [3.8, 4) is 11.8 Å². The molecule has 166 valence electrons. The van der Waals surface area contributed by atoms with Crippen LogP contribution in [0.3, 0.4) is 0 Å². The number of rotatable bonds is 3. The molecule has 0 unspecified atom stereocenters. The number of nitrogens with zero attached hydrogens (tertiary/aromatic N) is 4. The molecule has 5 rings (SSSR count). The normalized spacial score (nSPS) is 18.1. The number of morpholine rings is 1. The SMILES string of the molecule is Cc1ncc(C#Cc2ccc(N3C[C@@H](C)OCC3=O)cn2)c2cc(NC(=O)C3CC3)ncc12. The largest absolute Gasteiger partial charge is 0.367 e. The second-order valence-electron chi connectivity index (χ2n) is 8.41. The predicted octanol–water partition coefficient (Wildman–Crippen LogP) is 2.83. The number of fused-ring (bicyclic) bond motifs is 1. The Morgan fingerprint density at radius 1 is 1.12 bits per heavy atom. The number of pyridine rings is 3. The van der Waals surface area contributed by atoms with E-state index in [1.165, 1.54) is 0 Å². The van der Waals surface area contributed by atoms with Crippen molar-refractivity contribution in [1.29, 1.82) is 0 Å². The van der Waals surface area contributed by atoms with Gasteiger partial charge in [0.15, 0.2) is 0 Å². The van der Waals surface area contributed by atoms with Gasteiger partial charge in [0.2, 0.25) is 5.91 Å². The Bertz CT molecular complexity index is 1310. The Kier molecular flexibility index (Phi) is 5.48. The smallest absolute Gasteiger partial charge is 0.253 e. The monoisotopic (exact) mass is 441 g/mol. The fraction of sp³-hybridized carbons (Fsp3) is 0.320. The molecular weight excluding hydrogens is 418 g/mol. The molecule has 3 aromatic heterocycles. The van der Waals surface area contributed by atoms with E-state index < -0.39 is 0 Å². The van der Waals surface area contributed by atoms with E-state index in [4.69, 9.17) is 4.74 Å². The molecule has 8 heteroatoms. The average Bonchev–Trinajstić information content (AvgIpc) is 3.66. The van der Waals surface area contributed by atoms with Crippen LogP contribution < -0.4 is 10.2 Å². The summed E-state index contributed by atoms with van der Waals surface area (Å²) in [4.78, 5) is 39.1. The maximum atomic E-state index is 12.1. The van der Waals surface area contributed by atoms with Crippen molar-refractivity contribution in [3.05, 3.63) is 53.7 Å². The molecule has 2 amide bonds. The van der Waals surface area contributed by atoms with Crippen molar-refractivity contribution in [2.24, 2.45) is 5.92 Å². The van der Waals surface area contributed by atoms with Crippen molar-refractivity contribution in [2.45, 2.75) is 32.8 Å². The minimum atomic E-state index is -0.0795. The van der Waals surface area contributed by atoms with Crippen LogP contribution in [0.4, 0.5) is 11.5 Å². The first-order valence-electron chi connectivity index (χ1n) is 10.9. The van der Waals surface area contributed by atoms with Crippen molar-refractivity contribution < 1.29 is 14.3 Å². The Balaban J connectivity index is 1.41. The Hall–Kier alpha value is -3.83. The highest BCUT2D eigenvalue weighted by atomic mass is 16.5. The van der Waals surface area contributed by atoms with Crippen molar-refractivity contribution in [1.82, 2.24) is 15.0 Å². The Labute approximate surface area is 191 Å². The Morgan fingerprint density at radius 3 is 2.73 bits per heavy atom. The summed E-state index contributed by atoms with van der Waals surface area (Å²) < 4.78 is 5.37. The Morgan fingerprint density at radius 2 is 1.97 bits per heavy atom. The lowest BCUT2D eigenvalue weighted by Crippen LogP contribution is -2.45. The lowest BCUT2D eigenvalue weighted by Gasteiger charge is -2.30. The van der Waals surface area contributed by atoms with Crippen LogP contribution in [0.5, 0.6) is 0 Å². The summed E-state index contributed by atoms with van der Waals surface area (Å²) in [7, 11) is 0. The number of aryl methyl sites for hydroxylation is 1. The van der Waals surface area contributed by atoms with Gasteiger partial charge in [0.1, 0.15) is 18.1 Å². The van der Waals surface area contributed by atoms with Gasteiger partial charge in [-0.3, -0.25) is 14.6 Å². The van der Waals surface area contributed by atoms with Gasteiger partial charge in [-0.1, -0.05) is 5.92 Å². The summed E-state index contributed by atoms with van der Waals surface area (Å²) in [5, 5.41) is 4.65. The highest BCUT2D eigenvalue weighted by Crippen LogP contribution is 2.30. The van der Waals surface area contributed by atoms with Crippen LogP contribution in [0, 0.1) is 24.7 Å². The van der Waals surface area contributed by atoms with E-state index in [0.717, 1.165) is 40.6 Å². The van der Waals surface area contributed by atoms with Gasteiger partial charge in [-0.15, -0.1) is 0 Å². The molecule has 33 heavy (non-hydrogen) atoms. The minimum Gasteiger partial charge on any atom is -0.367 e. The third kappa shape index (κ3) is 4.54. The summed E-state index contributed by atoms with van der Waals surface area (Å²) >= 11 is 0. The summed E-state index contributed by atoms with van der Waals surface area (Å²) in [5.41, 5.74) is 2.88. The van der Waals surface area contributed by atoms with Gasteiger partial charge in [0, 0.05) is 34.8 Å². The first-order chi connectivity index (χ1) is 16.0. The van der Waals surface area contributed by atoms with E-state index in [1.54, 1.807) is 29.6 Å². The number of ether oxygens (including phenoxy) is 1. The van der Waals surface area contributed by atoms with E-state index in [2.05, 4.69) is 32.1 Å². The van der Waals surface area contributed by atoms with Gasteiger partial charge in [0.05, 0.1) is 30.1 Å². The van der Waals surface area contributed by atoms with Crippen LogP contribution in [-0.4, -0.2) is 46.0 Å². The maximum Gasteiger partial charge on any atom is 0.253 e. The molecule has 1 aliphatic heterocycles. The molecule has 3 aromatic rings. The molecule has 8 nitrogen and oxygen atoms in total. The lowest BCUT2D eigenvalue weighted by molar-refractivity contribution is -0.128. The first-order valence-corrected chi connectivity index (χ1v) is 10.9. The quantitative estimate of drug-likeness (QED) is 0.628. The van der Waals surface area contributed by atoms with Gasteiger partial charge in [0.25, 0.3) is 5.91 Å². The topological polar surface area (TPSA) is 97.3 Å². The third-order valence-corrected chi connectivity index (χ3v) is 5.79. The van der Waals surface area contributed by atoms with Gasteiger partial charge < -0.3 is 15.0 Å². The number of hydrogen-bond donors (Lipinski definition) is 1. The summed E-state index contributed by atoms with van der Waals surface area (Å²) in [6, 6.07) is 5.48. The zero-order valence-electron chi connectivity index (χ0n) is 18.5. The molecular formula is C25H23N5O3. The van der Waals surface area contributed by atoms with Crippen LogP contribution in [0.1, 0.15) is 36.7 Å². The summed E-state index contributed by atoms with van der Waals surface area (Å²) in [5.74, 6) is 6.77. The molecule has 1 aliphatic carbocycles. The number of anilines is 2. The third-order valence-electron chi connectivity index (χ3n) is 5.79. The van der Waals surface area contributed by atoms with E-state index >= 15 is 0 Å². The van der Waals surface area contributed by atoms with Crippen LogP contribution in [0.25, 0.3) is 10.8 Å². The fourth-order valence-electron chi connectivity index (χ4n) is 3.71. The second kappa shape index (κ2) is 8.60. The van der Waals surface area contributed by atoms with Gasteiger partial charge >= 0.3 is 0 Å². The number of nitrogens with one attached hydrogen (secondary N) is 1. The summed E-state index contributed by atoms with van der Waals surface area (Å²) in [6.45, 7) is 4.43. The van der Waals surface area contributed by atoms with Crippen molar-refractivity contribution >= 4 is 34.1 Å². The lowest BCUT2D eigenvalue weighted by atomic mass is 10.1. The fourth-order valence-corrected chi connectivity index (χ4v) is 3.71. The highest BCUT2D eigenvalue weighted by Gasteiger charge is 2.30. The van der Waals surface area contributed by atoms with Crippen LogP contribution in [-0.2, 0) is 14.3 Å². The van der Waals surface area contributed by atoms with Crippen LogP contribution in [0.15, 0.2) is 36.8 Å². The number of hydrogen-bond acceptors (Lipinski definition) is 6. The van der Waals surface area contributed by atoms with E-state index in [1.807, 2.05) is 26.0 Å². The van der Waals surface area contributed by atoms with Crippen LogP contribution >= 0.6 is 0 Å². The summed E-state index contributed by atoms with van der Waals surface area (Å²) in [6.07, 6.45) is 6.95. The van der Waals surface area contributed by atoms with E-state index in [-0.39, 0.29) is 30.4 Å². The zero-order valence-corrected chi connectivity index (χ0v) is 18.5. The predicted molar refractivity (Wildman–Crippen MR) is 124 cm³/mol. The molecule has 0 radical (unpaired) electrons. The average molecular weight is 441 g/mol. The van der Waals surface area contributed by atoms with E-state index in [0.29, 0.717) is 18.1 Å². The standard InChI is InChI=1S/C25H23N5O3/c1-15-13-30(24(31)14-33-15)20-8-7-19(27-11-20)6-5-18-10-26-16(2)22-12-28-23(9-21(18)22)29-25(32)17-3-4-17/h7-12,15,17H,3-4,13-14H2,1-2H3,(H,28,29,32)/t15-/m1/s1. The molecule has 1 N–H and O–H groups in total. The number of aromatic nitrogens is 3. The highest BCUT2D eigenvalue weighted by molar-refractivity contribution is 5.97. The number of carbonyl (C=O) groups excluding carboxylic acids is 2. The van der Waals surface area contributed by atoms with Crippen LogP contribution in [0.2, 0.25) is 0 Å². The molecule has 4 heterocycles. The second-order valence-corrected chi connectivity index (χ2v) is 8.41. The molecule has 2 aliphatic rings. The van der Waals surface area contributed by atoms with Gasteiger partial charge in [-0.2, -0.15) is 0 Å². The molecule has 1 atom stereocenters. The number of amides is 2. The van der Waals surface area contributed by atoms with E-state index in [9.17, 15) is 9.59 Å². The minimum absolute atomic E-state index is 0.0118. The molecule has 0 aromatic carbocycles. The zero-order chi connectivity index (χ0) is 22.9. The molecule has 0 bridgehead atoms. The van der Waals surface area contributed by atoms with Gasteiger partial charge in [-0.05, 0) is 50.8 Å². The molecule has 0 spiro atoms. The molecule has 1 saturated heterocycles. The number of carbonyl (C=O) groups is 2. The molecule has 1 saturated carbocycles. The maximum absolute atomic E-state index is 12.1. The molecule has 2 fully saturated rings. The first kappa shape index (κ1) is 21.0. The van der Waals surface area contributed by atoms with Crippen molar-refractivity contribution in [3.63, 3.8) is 0 Å². The van der Waals surface area contributed by atoms with Crippen molar-refractivity contribution in [2.75, 3.05) is 23.4 Å².